The van der Waals surface area contributed by atoms with Crippen LogP contribution < -0.4 is 14.8 Å². The van der Waals surface area contributed by atoms with E-state index in [1.165, 1.54) is 25.8 Å². The van der Waals surface area contributed by atoms with Crippen molar-refractivity contribution in [3.8, 4) is 5.88 Å². The molecule has 2 aromatic heterocycles. The lowest BCUT2D eigenvalue weighted by molar-refractivity contribution is -0.122. The van der Waals surface area contributed by atoms with Gasteiger partial charge in [-0.05, 0) is 55.7 Å². The Bertz CT molecular complexity index is 862. The van der Waals surface area contributed by atoms with Gasteiger partial charge in [0, 0.05) is 18.8 Å². The highest BCUT2D eigenvalue weighted by Crippen LogP contribution is 2.23. The van der Waals surface area contributed by atoms with Crippen molar-refractivity contribution in [3.63, 3.8) is 0 Å². The number of nitrogens with one attached hydrogen (secondary N) is 2. The zero-order valence-corrected chi connectivity index (χ0v) is 16.7. The van der Waals surface area contributed by atoms with E-state index in [-0.39, 0.29) is 16.9 Å². The first-order valence-electron chi connectivity index (χ1n) is 8.89. The third-order valence-electron chi connectivity index (χ3n) is 4.34. The van der Waals surface area contributed by atoms with Crippen LogP contribution in [0.15, 0.2) is 40.1 Å². The van der Waals surface area contributed by atoms with Crippen LogP contribution in [0.5, 0.6) is 5.88 Å². The lowest BCUT2D eigenvalue weighted by atomic mass is 10.2. The van der Waals surface area contributed by atoms with Gasteiger partial charge in [0.1, 0.15) is 10.3 Å². The van der Waals surface area contributed by atoms with Gasteiger partial charge in [0.2, 0.25) is 11.8 Å². The van der Waals surface area contributed by atoms with Gasteiger partial charge < -0.3 is 10.1 Å². The highest BCUT2D eigenvalue weighted by molar-refractivity contribution is 7.91. The Labute approximate surface area is 163 Å². The molecule has 1 atom stereocenters. The van der Waals surface area contributed by atoms with Crippen LogP contribution in [0.4, 0.5) is 0 Å². The average molecular weight is 410 g/mol. The minimum atomic E-state index is -3.69. The summed E-state index contributed by atoms with van der Waals surface area (Å²) in [6, 6.07) is 5.87. The number of nitrogens with zero attached hydrogens (tertiary/aromatic N) is 1. The van der Waals surface area contributed by atoms with Crippen LogP contribution in [-0.2, 0) is 21.4 Å². The second-order valence-corrected chi connectivity index (χ2v) is 9.41. The molecule has 2 aromatic rings. The van der Waals surface area contributed by atoms with E-state index in [9.17, 15) is 13.2 Å². The second-order valence-electron chi connectivity index (χ2n) is 6.52. The van der Waals surface area contributed by atoms with Crippen LogP contribution in [-0.4, -0.2) is 31.5 Å². The minimum absolute atomic E-state index is 0.185. The Kier molecular flexibility index (Phi) is 6.46. The molecule has 2 N–H and O–H groups in total. The molecule has 27 heavy (non-hydrogen) atoms. The number of thiophene rings is 1. The summed E-state index contributed by atoms with van der Waals surface area (Å²) in [5.41, 5.74) is 0.847. The molecule has 0 aromatic carbocycles. The van der Waals surface area contributed by atoms with Gasteiger partial charge in [0.05, 0.1) is 6.04 Å². The summed E-state index contributed by atoms with van der Waals surface area (Å²) in [7, 11) is -3.69. The maximum absolute atomic E-state index is 12.2. The van der Waals surface area contributed by atoms with Crippen molar-refractivity contribution in [3.05, 3.63) is 41.4 Å². The van der Waals surface area contributed by atoms with Gasteiger partial charge in [0.25, 0.3) is 10.0 Å². The van der Waals surface area contributed by atoms with Crippen LogP contribution in [0, 0.1) is 0 Å². The van der Waals surface area contributed by atoms with Crippen LogP contribution in [0.2, 0.25) is 0 Å². The molecular weight excluding hydrogens is 386 g/mol. The topological polar surface area (TPSA) is 97.4 Å². The molecule has 2 heterocycles. The first-order chi connectivity index (χ1) is 12.9. The van der Waals surface area contributed by atoms with Crippen molar-refractivity contribution < 1.29 is 17.9 Å². The number of sulfonamides is 1. The van der Waals surface area contributed by atoms with E-state index in [4.69, 9.17) is 4.74 Å². The molecule has 1 saturated carbocycles. The fourth-order valence-corrected chi connectivity index (χ4v) is 5.12. The Morgan fingerprint density at radius 2 is 2.15 bits per heavy atom. The van der Waals surface area contributed by atoms with Gasteiger partial charge in [0.15, 0.2) is 0 Å². The lowest BCUT2D eigenvalue weighted by Gasteiger charge is -2.15. The summed E-state index contributed by atoms with van der Waals surface area (Å²) in [5, 5.41) is 4.42. The largest absolute Gasteiger partial charge is 0.474 e. The first kappa shape index (κ1) is 19.8. The summed E-state index contributed by atoms with van der Waals surface area (Å²) in [4.78, 5) is 16.5. The quantitative estimate of drug-likeness (QED) is 0.698. The Balaban J connectivity index is 1.52. The van der Waals surface area contributed by atoms with Crippen molar-refractivity contribution in [1.29, 1.82) is 0 Å². The van der Waals surface area contributed by atoms with E-state index in [2.05, 4.69) is 15.0 Å². The Hall–Kier alpha value is -1.97. The highest BCUT2D eigenvalue weighted by atomic mass is 32.2. The normalized spacial score (nSPS) is 16.2. The maximum atomic E-state index is 12.2. The molecule has 1 fully saturated rings. The number of hydrogen-bond donors (Lipinski definition) is 2. The van der Waals surface area contributed by atoms with Gasteiger partial charge in [-0.1, -0.05) is 6.07 Å². The number of pyridine rings is 1. The molecule has 1 aliphatic carbocycles. The molecule has 146 valence electrons. The molecule has 9 heteroatoms. The third-order valence-corrected chi connectivity index (χ3v) is 7.28. The molecule has 1 amide bonds. The van der Waals surface area contributed by atoms with Crippen molar-refractivity contribution in [2.75, 3.05) is 0 Å². The molecule has 3 rings (SSSR count). The molecule has 0 aliphatic heterocycles. The van der Waals surface area contributed by atoms with Gasteiger partial charge in [-0.25, -0.2) is 13.4 Å². The minimum Gasteiger partial charge on any atom is -0.474 e. The van der Waals surface area contributed by atoms with Gasteiger partial charge in [-0.3, -0.25) is 4.79 Å². The van der Waals surface area contributed by atoms with Crippen molar-refractivity contribution >= 4 is 27.3 Å². The predicted octanol–water partition coefficient (Wildman–Crippen LogP) is 2.45. The highest BCUT2D eigenvalue weighted by Gasteiger charge is 2.22. The third kappa shape index (κ3) is 5.50. The molecule has 7 nitrogen and oxygen atoms in total. The summed E-state index contributed by atoms with van der Waals surface area (Å²) in [5.74, 6) is 0.158. The predicted molar refractivity (Wildman–Crippen MR) is 103 cm³/mol. The number of aromatic nitrogens is 1. The molecule has 1 aliphatic rings. The number of hydrogen-bond acceptors (Lipinski definition) is 6. The zero-order chi connectivity index (χ0) is 19.3. The zero-order valence-electron chi connectivity index (χ0n) is 15.1. The molecule has 0 bridgehead atoms. The standard InChI is InChI=1S/C18H23N3O4S2/c1-13(21-27(23,24)17-7-4-10-26-17)18(22)20-12-14-8-9-19-16(11-14)25-15-5-2-3-6-15/h4,7-11,13,15,21H,2-3,5-6,12H2,1H3,(H,20,22). The van der Waals surface area contributed by atoms with E-state index in [1.54, 1.807) is 29.8 Å². The van der Waals surface area contributed by atoms with Gasteiger partial charge in [-0.15, -0.1) is 11.3 Å². The fraction of sp³-hybridized carbons (Fsp3) is 0.444. The first-order valence-corrected chi connectivity index (χ1v) is 11.3. The smallest absolute Gasteiger partial charge is 0.250 e. The number of carbonyl (C=O) groups is 1. The van der Waals surface area contributed by atoms with Crippen molar-refractivity contribution in [2.24, 2.45) is 0 Å². The van der Waals surface area contributed by atoms with E-state index < -0.39 is 22.0 Å². The summed E-state index contributed by atoms with van der Waals surface area (Å²) < 4.78 is 32.8. The summed E-state index contributed by atoms with van der Waals surface area (Å²) in [6.07, 6.45) is 6.32. The molecular formula is C18H23N3O4S2. The van der Waals surface area contributed by atoms with Crippen LogP contribution in [0.3, 0.4) is 0 Å². The SMILES string of the molecule is CC(NS(=O)(=O)c1cccs1)C(=O)NCc1ccnc(OC2CCCC2)c1. The summed E-state index contributed by atoms with van der Waals surface area (Å²) >= 11 is 1.11. The van der Waals surface area contributed by atoms with E-state index in [1.807, 2.05) is 0 Å². The van der Waals surface area contributed by atoms with Gasteiger partial charge >= 0.3 is 0 Å². The van der Waals surface area contributed by atoms with E-state index >= 15 is 0 Å². The number of amides is 1. The Morgan fingerprint density at radius 1 is 1.37 bits per heavy atom. The van der Waals surface area contributed by atoms with Crippen LogP contribution in [0.1, 0.15) is 38.2 Å². The van der Waals surface area contributed by atoms with Crippen molar-refractivity contribution in [1.82, 2.24) is 15.0 Å². The monoisotopic (exact) mass is 409 g/mol. The average Bonchev–Trinajstić information content (AvgIpc) is 3.33. The van der Waals surface area contributed by atoms with Gasteiger partial charge in [-0.2, -0.15) is 4.72 Å². The number of rotatable bonds is 8. The second kappa shape index (κ2) is 8.81. The maximum Gasteiger partial charge on any atom is 0.250 e. The van der Waals surface area contributed by atoms with E-state index in [0.717, 1.165) is 29.7 Å². The molecule has 0 saturated heterocycles. The number of carbonyl (C=O) groups excluding carboxylic acids is 1. The molecule has 1 unspecified atom stereocenters. The van der Waals surface area contributed by atoms with Crippen LogP contribution in [0.25, 0.3) is 0 Å². The van der Waals surface area contributed by atoms with Crippen LogP contribution >= 0.6 is 11.3 Å². The molecule has 0 spiro atoms. The molecule has 0 radical (unpaired) electrons. The fourth-order valence-electron chi connectivity index (χ4n) is 2.90. The van der Waals surface area contributed by atoms with Crippen molar-refractivity contribution in [2.45, 2.75) is 55.5 Å². The Morgan fingerprint density at radius 3 is 2.85 bits per heavy atom. The van der Waals surface area contributed by atoms with E-state index in [0.29, 0.717) is 5.88 Å². The lowest BCUT2D eigenvalue weighted by Crippen LogP contribution is -2.44. The number of ether oxygens (including phenoxy) is 1. The summed E-state index contributed by atoms with van der Waals surface area (Å²) in [6.45, 7) is 1.79.